The van der Waals surface area contributed by atoms with Crippen molar-refractivity contribution in [1.29, 1.82) is 5.26 Å². The fourth-order valence-electron chi connectivity index (χ4n) is 2.74. The van der Waals surface area contributed by atoms with Crippen molar-refractivity contribution in [1.82, 2.24) is 9.38 Å². The molecule has 0 fully saturated rings. The van der Waals surface area contributed by atoms with Gasteiger partial charge in [0.15, 0.2) is 0 Å². The summed E-state index contributed by atoms with van der Waals surface area (Å²) in [6, 6.07) is 9.01. The molecule has 0 spiro atoms. The van der Waals surface area contributed by atoms with Gasteiger partial charge in [-0.15, -0.1) is 0 Å². The van der Waals surface area contributed by atoms with Gasteiger partial charge in [-0.25, -0.2) is 4.57 Å². The highest BCUT2D eigenvalue weighted by Gasteiger charge is 2.20. The van der Waals surface area contributed by atoms with Gasteiger partial charge < -0.3 is 5.73 Å². The Hall–Kier alpha value is -2.94. The number of aryl methyl sites for hydroxylation is 1. The van der Waals surface area contributed by atoms with E-state index in [0.717, 1.165) is 19.3 Å². The Balaban J connectivity index is 2.36. The Bertz CT molecular complexity index is 984. The Kier molecular flexibility index (Phi) is 3.94. The molecule has 0 saturated carbocycles. The first-order valence-electron chi connectivity index (χ1n) is 7.71. The molecule has 0 saturated heterocycles. The smallest absolute Gasteiger partial charge is 0.278 e. The number of nitriles is 1. The summed E-state index contributed by atoms with van der Waals surface area (Å²) in [6.45, 7) is 2.76. The van der Waals surface area contributed by atoms with Gasteiger partial charge in [-0.3, -0.25) is 9.20 Å². The van der Waals surface area contributed by atoms with Gasteiger partial charge in [0.1, 0.15) is 17.0 Å². The predicted molar refractivity (Wildman–Crippen MR) is 87.8 cm³/mol. The number of nitrogens with zero attached hydrogens (tertiary/aromatic N) is 4. The van der Waals surface area contributed by atoms with Crippen molar-refractivity contribution >= 4 is 22.5 Å². The van der Waals surface area contributed by atoms with E-state index in [1.54, 1.807) is 22.9 Å². The lowest BCUT2D eigenvalue weighted by atomic mass is 10.2. The number of fused-ring (bicyclic) bond motifs is 2. The zero-order chi connectivity index (χ0) is 16.4. The molecule has 3 aromatic heterocycles. The maximum absolute atomic E-state index is 12.7. The van der Waals surface area contributed by atoms with Crippen molar-refractivity contribution in [3.63, 3.8) is 0 Å². The third-order valence-corrected chi connectivity index (χ3v) is 3.97. The Morgan fingerprint density at radius 2 is 2.22 bits per heavy atom. The van der Waals surface area contributed by atoms with E-state index in [-0.39, 0.29) is 5.56 Å². The molecule has 3 aromatic rings. The van der Waals surface area contributed by atoms with E-state index in [2.05, 4.69) is 18.0 Å². The molecule has 0 atom stereocenters. The van der Waals surface area contributed by atoms with Crippen LogP contribution < -0.4 is 15.9 Å². The lowest BCUT2D eigenvalue weighted by Gasteiger charge is -2.09. The third kappa shape index (κ3) is 2.50. The number of pyridine rings is 2. The van der Waals surface area contributed by atoms with Gasteiger partial charge in [-0.05, 0) is 24.6 Å². The van der Waals surface area contributed by atoms with Crippen molar-refractivity contribution in [3.05, 3.63) is 46.4 Å². The molecule has 116 valence electrons. The quantitative estimate of drug-likeness (QED) is 0.452. The van der Waals surface area contributed by atoms with Gasteiger partial charge in [0, 0.05) is 6.20 Å². The fraction of sp³-hybridized carbons (Fsp3) is 0.294. The van der Waals surface area contributed by atoms with Crippen molar-refractivity contribution < 1.29 is 4.57 Å². The Morgan fingerprint density at radius 3 is 2.96 bits per heavy atom. The summed E-state index contributed by atoms with van der Waals surface area (Å²) in [5.41, 5.74) is 7.35. The van der Waals surface area contributed by atoms with Gasteiger partial charge in [0.25, 0.3) is 11.2 Å². The molecule has 3 rings (SSSR count). The SMILES string of the molecule is CCCCC[n+]1c(N)c(C#N)cc2c(=O)n3ccccc3nc21. The third-order valence-electron chi connectivity index (χ3n) is 3.97. The van der Waals surface area contributed by atoms with Crippen LogP contribution in [0.3, 0.4) is 0 Å². The summed E-state index contributed by atoms with van der Waals surface area (Å²) in [5, 5.41) is 9.72. The summed E-state index contributed by atoms with van der Waals surface area (Å²) >= 11 is 0. The lowest BCUT2D eigenvalue weighted by molar-refractivity contribution is -0.659. The Labute approximate surface area is 133 Å². The second kappa shape index (κ2) is 6.05. The number of hydrogen-bond acceptors (Lipinski definition) is 4. The molecule has 0 aliphatic carbocycles. The van der Waals surface area contributed by atoms with E-state index in [9.17, 15) is 10.1 Å². The van der Waals surface area contributed by atoms with E-state index in [1.165, 1.54) is 10.5 Å². The maximum Gasteiger partial charge on any atom is 0.278 e. The standard InChI is InChI=1S/C17H17N5O/c1-2-3-5-9-22-15(19)12(11-18)10-13-16(22)20-14-7-4-6-8-21(14)17(13)23/h4,6-8,10,19H,2-3,5,9H2,1H3/p+1. The first kappa shape index (κ1) is 15.0. The van der Waals surface area contributed by atoms with E-state index in [1.807, 2.05) is 6.07 Å². The summed E-state index contributed by atoms with van der Waals surface area (Å²) in [6.07, 6.45) is 4.73. The van der Waals surface area contributed by atoms with Gasteiger partial charge in [0.2, 0.25) is 11.5 Å². The lowest BCUT2D eigenvalue weighted by Crippen LogP contribution is -2.41. The molecule has 0 radical (unpaired) electrons. The summed E-state index contributed by atoms with van der Waals surface area (Å²) in [4.78, 5) is 17.3. The highest BCUT2D eigenvalue weighted by molar-refractivity contribution is 5.76. The van der Waals surface area contributed by atoms with Crippen LogP contribution in [0.5, 0.6) is 0 Å². The van der Waals surface area contributed by atoms with Crippen molar-refractivity contribution in [3.8, 4) is 6.07 Å². The molecule has 2 N–H and O–H groups in total. The second-order valence-corrected chi connectivity index (χ2v) is 5.50. The number of aromatic nitrogens is 3. The number of unbranched alkanes of at least 4 members (excludes halogenated alkanes) is 2. The Morgan fingerprint density at radius 1 is 1.39 bits per heavy atom. The largest absolute Gasteiger partial charge is 0.317 e. The van der Waals surface area contributed by atoms with Crippen LogP contribution in [0.4, 0.5) is 5.82 Å². The highest BCUT2D eigenvalue weighted by atomic mass is 16.1. The highest BCUT2D eigenvalue weighted by Crippen LogP contribution is 2.14. The molecule has 0 aliphatic rings. The van der Waals surface area contributed by atoms with Crippen LogP contribution in [-0.4, -0.2) is 9.38 Å². The number of anilines is 1. The second-order valence-electron chi connectivity index (χ2n) is 5.50. The van der Waals surface area contributed by atoms with E-state index < -0.39 is 0 Å². The monoisotopic (exact) mass is 308 g/mol. The zero-order valence-electron chi connectivity index (χ0n) is 13.0. The molecule has 0 aromatic carbocycles. The van der Waals surface area contributed by atoms with Crippen molar-refractivity contribution in [2.24, 2.45) is 0 Å². The van der Waals surface area contributed by atoms with Gasteiger partial charge in [-0.1, -0.05) is 30.8 Å². The van der Waals surface area contributed by atoms with E-state index in [0.29, 0.717) is 34.6 Å². The van der Waals surface area contributed by atoms with E-state index >= 15 is 0 Å². The molecule has 0 unspecified atom stereocenters. The maximum atomic E-state index is 12.7. The van der Waals surface area contributed by atoms with Crippen molar-refractivity contribution in [2.75, 3.05) is 5.73 Å². The predicted octanol–water partition coefficient (Wildman–Crippen LogP) is 1.78. The summed E-state index contributed by atoms with van der Waals surface area (Å²) in [7, 11) is 0. The van der Waals surface area contributed by atoms with Crippen LogP contribution in [0, 0.1) is 11.3 Å². The van der Waals surface area contributed by atoms with Crippen LogP contribution in [-0.2, 0) is 6.54 Å². The minimum absolute atomic E-state index is 0.189. The first-order chi connectivity index (χ1) is 11.2. The molecule has 6 nitrogen and oxygen atoms in total. The molecule has 0 aliphatic heterocycles. The van der Waals surface area contributed by atoms with Crippen LogP contribution in [0.25, 0.3) is 16.7 Å². The minimum Gasteiger partial charge on any atom is -0.317 e. The number of hydrogen-bond donors (Lipinski definition) is 1. The van der Waals surface area contributed by atoms with Crippen LogP contribution >= 0.6 is 0 Å². The molecular weight excluding hydrogens is 290 g/mol. The van der Waals surface area contributed by atoms with Crippen LogP contribution in [0.1, 0.15) is 31.7 Å². The minimum atomic E-state index is -0.189. The molecule has 0 bridgehead atoms. The molecule has 23 heavy (non-hydrogen) atoms. The van der Waals surface area contributed by atoms with Gasteiger partial charge in [-0.2, -0.15) is 5.26 Å². The summed E-state index contributed by atoms with van der Waals surface area (Å²) in [5.74, 6) is 0.364. The summed E-state index contributed by atoms with van der Waals surface area (Å²) < 4.78 is 3.27. The first-order valence-corrected chi connectivity index (χ1v) is 7.71. The molecule has 6 heteroatoms. The average molecular weight is 308 g/mol. The van der Waals surface area contributed by atoms with Crippen LogP contribution in [0.2, 0.25) is 0 Å². The van der Waals surface area contributed by atoms with Crippen LogP contribution in [0.15, 0.2) is 35.3 Å². The number of rotatable bonds is 4. The van der Waals surface area contributed by atoms with Gasteiger partial charge >= 0.3 is 0 Å². The number of nitrogens with two attached hydrogens (primary N) is 1. The van der Waals surface area contributed by atoms with E-state index in [4.69, 9.17) is 5.73 Å². The normalized spacial score (nSPS) is 11.0. The number of nitrogen functional groups attached to an aromatic ring is 1. The topological polar surface area (TPSA) is 88.1 Å². The molecule has 3 heterocycles. The zero-order valence-corrected chi connectivity index (χ0v) is 13.0. The molecule has 0 amide bonds. The fourth-order valence-corrected chi connectivity index (χ4v) is 2.74. The average Bonchev–Trinajstić information content (AvgIpc) is 2.57. The molecular formula is C17H18N5O+. The van der Waals surface area contributed by atoms with Gasteiger partial charge in [0.05, 0.1) is 6.54 Å². The van der Waals surface area contributed by atoms with Crippen molar-refractivity contribution in [2.45, 2.75) is 32.7 Å².